The van der Waals surface area contributed by atoms with Crippen molar-refractivity contribution in [3.8, 4) is 10.6 Å². The molecule has 174 valence electrons. The van der Waals surface area contributed by atoms with Gasteiger partial charge in [-0.2, -0.15) is 0 Å². The van der Waals surface area contributed by atoms with Crippen molar-refractivity contribution in [2.45, 2.75) is 32.0 Å². The number of halogens is 2. The fraction of sp³-hybridized carbons (Fsp3) is 0.348. The summed E-state index contributed by atoms with van der Waals surface area (Å²) in [6, 6.07) is 10.8. The van der Waals surface area contributed by atoms with Crippen LogP contribution in [0.25, 0.3) is 21.7 Å². The molecule has 4 heterocycles. The van der Waals surface area contributed by atoms with Crippen molar-refractivity contribution < 1.29 is 8.91 Å². The molecule has 1 aliphatic rings. The van der Waals surface area contributed by atoms with Gasteiger partial charge in [0.2, 0.25) is 0 Å². The Hall–Kier alpha value is -2.59. The Morgan fingerprint density at radius 3 is 2.82 bits per heavy atom. The monoisotopic (exact) mass is 489 g/mol. The van der Waals surface area contributed by atoms with Crippen molar-refractivity contribution in [3.63, 3.8) is 0 Å². The van der Waals surface area contributed by atoms with Gasteiger partial charge in [-0.15, -0.1) is 23.7 Å². The zero-order valence-electron chi connectivity index (χ0n) is 17.9. The fourth-order valence-electron chi connectivity index (χ4n) is 4.15. The fourth-order valence-corrected chi connectivity index (χ4v) is 4.82. The first-order chi connectivity index (χ1) is 15.7. The predicted molar refractivity (Wildman–Crippen MR) is 129 cm³/mol. The molecule has 0 bridgehead atoms. The molecular weight excluding hydrogens is 465 g/mol. The SMILES string of the molecule is Cl.O=c1cnc2ccc(F)cc2n1CCN1CCC(NCc2cc(-c3cccs3)on2)CC1. The lowest BCUT2D eigenvalue weighted by Crippen LogP contribution is -2.43. The minimum atomic E-state index is -0.361. The standard InChI is InChI=1S/C23H24FN5O2S.ClH/c24-16-3-4-19-20(12-16)29(23(30)15-26-19)10-9-28-7-5-17(6-8-28)25-14-18-13-21(31-27-18)22-2-1-11-32-22;/h1-4,11-13,15,17,25H,5-10,14H2;1H. The van der Waals surface area contributed by atoms with Crippen LogP contribution in [0.4, 0.5) is 4.39 Å². The first kappa shape index (κ1) is 23.6. The largest absolute Gasteiger partial charge is 0.355 e. The van der Waals surface area contributed by atoms with E-state index in [1.165, 1.54) is 18.3 Å². The minimum absolute atomic E-state index is 0. The highest BCUT2D eigenvalue weighted by molar-refractivity contribution is 7.13. The number of rotatable bonds is 7. The molecule has 0 aliphatic carbocycles. The molecule has 1 aliphatic heterocycles. The molecule has 0 radical (unpaired) electrons. The summed E-state index contributed by atoms with van der Waals surface area (Å²) in [5.41, 5.74) is 1.88. The molecule has 4 aromatic rings. The Bertz CT molecular complexity index is 1250. The van der Waals surface area contributed by atoms with Crippen LogP contribution in [0.15, 0.2) is 57.3 Å². The smallest absolute Gasteiger partial charge is 0.269 e. The predicted octanol–water partition coefficient (Wildman–Crippen LogP) is 3.93. The Kier molecular flexibility index (Phi) is 7.54. The van der Waals surface area contributed by atoms with E-state index in [2.05, 4.69) is 20.4 Å². The van der Waals surface area contributed by atoms with E-state index in [-0.39, 0.29) is 23.8 Å². The highest BCUT2D eigenvalue weighted by Gasteiger charge is 2.19. The zero-order chi connectivity index (χ0) is 21.9. The zero-order valence-corrected chi connectivity index (χ0v) is 19.6. The maximum atomic E-state index is 13.7. The van der Waals surface area contributed by atoms with Crippen LogP contribution in [0.2, 0.25) is 0 Å². The second-order valence-corrected chi connectivity index (χ2v) is 8.99. The molecule has 33 heavy (non-hydrogen) atoms. The Morgan fingerprint density at radius 1 is 1.18 bits per heavy atom. The molecule has 0 spiro atoms. The summed E-state index contributed by atoms with van der Waals surface area (Å²) < 4.78 is 20.7. The van der Waals surface area contributed by atoms with E-state index >= 15 is 0 Å². The summed E-state index contributed by atoms with van der Waals surface area (Å²) in [6.45, 7) is 3.84. The van der Waals surface area contributed by atoms with E-state index < -0.39 is 0 Å². The molecular formula is C23H25ClFN5O2S. The molecule has 7 nitrogen and oxygen atoms in total. The summed E-state index contributed by atoms with van der Waals surface area (Å²) in [6.07, 6.45) is 3.36. The highest BCUT2D eigenvalue weighted by Crippen LogP contribution is 2.25. The summed E-state index contributed by atoms with van der Waals surface area (Å²) in [7, 11) is 0. The van der Waals surface area contributed by atoms with Crippen molar-refractivity contribution in [2.24, 2.45) is 0 Å². The van der Waals surface area contributed by atoms with Gasteiger partial charge in [0.25, 0.3) is 5.56 Å². The Morgan fingerprint density at radius 2 is 2.03 bits per heavy atom. The highest BCUT2D eigenvalue weighted by atomic mass is 35.5. The molecule has 0 unspecified atom stereocenters. The van der Waals surface area contributed by atoms with Crippen molar-refractivity contribution in [2.75, 3.05) is 19.6 Å². The third-order valence-corrected chi connectivity index (χ3v) is 6.82. The lowest BCUT2D eigenvalue weighted by atomic mass is 10.0. The van der Waals surface area contributed by atoms with Gasteiger partial charge >= 0.3 is 0 Å². The van der Waals surface area contributed by atoms with Crippen LogP contribution in [0.1, 0.15) is 18.5 Å². The van der Waals surface area contributed by atoms with Crippen LogP contribution in [0.5, 0.6) is 0 Å². The van der Waals surface area contributed by atoms with Crippen LogP contribution in [-0.4, -0.2) is 45.3 Å². The van der Waals surface area contributed by atoms with E-state index in [4.69, 9.17) is 4.52 Å². The maximum absolute atomic E-state index is 13.7. The minimum Gasteiger partial charge on any atom is -0.355 e. The van der Waals surface area contributed by atoms with Gasteiger partial charge in [-0.1, -0.05) is 11.2 Å². The Labute approximate surface area is 200 Å². The number of hydrogen-bond acceptors (Lipinski definition) is 7. The van der Waals surface area contributed by atoms with Crippen molar-refractivity contribution in [3.05, 3.63) is 69.8 Å². The second-order valence-electron chi connectivity index (χ2n) is 8.04. The van der Waals surface area contributed by atoms with Crippen LogP contribution < -0.4 is 10.9 Å². The number of hydrogen-bond donors (Lipinski definition) is 1. The number of thiophene rings is 1. The topological polar surface area (TPSA) is 76.2 Å². The number of aromatic nitrogens is 3. The van der Waals surface area contributed by atoms with Gasteiger partial charge in [0.1, 0.15) is 5.82 Å². The van der Waals surface area contributed by atoms with Gasteiger partial charge < -0.3 is 19.3 Å². The normalized spacial score (nSPS) is 15.1. The van der Waals surface area contributed by atoms with Crippen LogP contribution in [-0.2, 0) is 13.1 Å². The van der Waals surface area contributed by atoms with E-state index in [0.717, 1.165) is 48.8 Å². The van der Waals surface area contributed by atoms with Crippen LogP contribution in [0, 0.1) is 5.82 Å². The number of piperidine rings is 1. The number of nitrogens with one attached hydrogen (secondary N) is 1. The molecule has 0 atom stereocenters. The second kappa shape index (κ2) is 10.6. The van der Waals surface area contributed by atoms with E-state index in [9.17, 15) is 9.18 Å². The molecule has 1 saturated heterocycles. The average Bonchev–Trinajstić information content (AvgIpc) is 3.50. The molecule has 10 heteroatoms. The number of nitrogens with zero attached hydrogens (tertiary/aromatic N) is 4. The van der Waals surface area contributed by atoms with Gasteiger partial charge in [0, 0.05) is 31.7 Å². The summed E-state index contributed by atoms with van der Waals surface area (Å²) in [5, 5.41) is 9.77. The molecule has 1 fully saturated rings. The molecule has 5 rings (SSSR count). The average molecular weight is 490 g/mol. The van der Waals surface area contributed by atoms with Gasteiger partial charge in [-0.3, -0.25) is 4.79 Å². The number of likely N-dealkylation sites (tertiary alicyclic amines) is 1. The van der Waals surface area contributed by atoms with Gasteiger partial charge in [-0.25, -0.2) is 9.37 Å². The molecule has 1 aromatic carbocycles. The van der Waals surface area contributed by atoms with Crippen LogP contribution >= 0.6 is 23.7 Å². The number of fused-ring (bicyclic) bond motifs is 1. The summed E-state index contributed by atoms with van der Waals surface area (Å²) in [5.74, 6) is 0.450. The molecule has 0 amide bonds. The first-order valence-corrected chi connectivity index (χ1v) is 11.6. The summed E-state index contributed by atoms with van der Waals surface area (Å²) in [4.78, 5) is 19.9. The maximum Gasteiger partial charge on any atom is 0.269 e. The van der Waals surface area contributed by atoms with Gasteiger partial charge in [0.15, 0.2) is 5.76 Å². The Balaban J connectivity index is 0.00000259. The third-order valence-electron chi connectivity index (χ3n) is 5.93. The number of benzene rings is 1. The van der Waals surface area contributed by atoms with E-state index in [0.29, 0.717) is 30.2 Å². The van der Waals surface area contributed by atoms with Crippen molar-refractivity contribution >= 4 is 34.8 Å². The third kappa shape index (κ3) is 5.50. The van der Waals surface area contributed by atoms with Gasteiger partial charge in [-0.05, 0) is 55.6 Å². The summed E-state index contributed by atoms with van der Waals surface area (Å²) >= 11 is 1.64. The van der Waals surface area contributed by atoms with Crippen molar-refractivity contribution in [1.29, 1.82) is 0 Å². The quantitative estimate of drug-likeness (QED) is 0.424. The van der Waals surface area contributed by atoms with Gasteiger partial charge in [0.05, 0.1) is 27.8 Å². The van der Waals surface area contributed by atoms with E-state index in [1.807, 2.05) is 23.6 Å². The lowest BCUT2D eigenvalue weighted by Gasteiger charge is -2.32. The molecule has 0 saturated carbocycles. The first-order valence-electron chi connectivity index (χ1n) is 10.8. The van der Waals surface area contributed by atoms with Crippen molar-refractivity contribution in [1.82, 2.24) is 24.9 Å². The van der Waals surface area contributed by atoms with E-state index in [1.54, 1.807) is 22.0 Å². The molecule has 3 aromatic heterocycles. The van der Waals surface area contributed by atoms with Crippen LogP contribution in [0.3, 0.4) is 0 Å². The lowest BCUT2D eigenvalue weighted by molar-refractivity contribution is 0.191. The molecule has 1 N–H and O–H groups in total.